The first-order chi connectivity index (χ1) is 8.47. The highest BCUT2D eigenvalue weighted by atomic mass is 35.5. The Balaban J connectivity index is 2.42. The molecule has 0 radical (unpaired) electrons. The van der Waals surface area contributed by atoms with Gasteiger partial charge in [0.25, 0.3) is 0 Å². The summed E-state index contributed by atoms with van der Waals surface area (Å²) in [5.41, 5.74) is 6.52. The van der Waals surface area contributed by atoms with Crippen molar-refractivity contribution >= 4 is 29.0 Å². The lowest BCUT2D eigenvalue weighted by Gasteiger charge is -2.09. The van der Waals surface area contributed by atoms with Crippen LogP contribution in [-0.4, -0.2) is 16.8 Å². The number of anilines is 1. The fraction of sp³-hybridized carbons (Fsp3) is 0.100. The molecule has 0 spiro atoms. The predicted octanol–water partition coefficient (Wildman–Crippen LogP) is 3.57. The summed E-state index contributed by atoms with van der Waals surface area (Å²) < 4.78 is 28.5. The van der Waals surface area contributed by atoms with Crippen LogP contribution in [0.5, 0.6) is 5.75 Å². The van der Waals surface area contributed by atoms with E-state index in [1.165, 1.54) is 12.1 Å². The van der Waals surface area contributed by atoms with Crippen molar-refractivity contribution in [3.63, 3.8) is 0 Å². The molecule has 2 aromatic rings. The Bertz CT molecular complexity index is 551. The number of nitrogens with two attached hydrogens (primary N) is 1. The van der Waals surface area contributed by atoms with Crippen LogP contribution in [0.2, 0.25) is 10.0 Å². The van der Waals surface area contributed by atoms with E-state index in [1.807, 2.05) is 0 Å². The van der Waals surface area contributed by atoms with Crippen molar-refractivity contribution in [2.75, 3.05) is 5.73 Å². The fourth-order valence-electron chi connectivity index (χ4n) is 1.39. The van der Waals surface area contributed by atoms with Crippen molar-refractivity contribution < 1.29 is 13.5 Å². The minimum absolute atomic E-state index is 0.0284. The molecule has 0 aliphatic rings. The summed E-state index contributed by atoms with van der Waals surface area (Å²) in [6.07, 6.45) is 0. The topological polar surface area (TPSA) is 63.9 Å². The molecule has 0 fully saturated rings. The van der Waals surface area contributed by atoms with E-state index in [0.29, 0.717) is 17.1 Å². The van der Waals surface area contributed by atoms with Gasteiger partial charge in [-0.2, -0.15) is 13.9 Å². The predicted molar refractivity (Wildman–Crippen MR) is 65.1 cm³/mol. The molecule has 1 heterocycles. The Morgan fingerprint density at radius 3 is 2.28 bits per heavy atom. The maximum Gasteiger partial charge on any atom is 0.387 e. The molecule has 1 aromatic heterocycles. The fourth-order valence-corrected chi connectivity index (χ4v) is 1.97. The molecule has 0 amide bonds. The first-order valence-corrected chi connectivity index (χ1v) is 5.48. The quantitative estimate of drug-likeness (QED) is 0.909. The van der Waals surface area contributed by atoms with Crippen LogP contribution >= 0.6 is 23.2 Å². The number of aromatic amines is 1. The van der Waals surface area contributed by atoms with Crippen LogP contribution in [0.4, 0.5) is 14.6 Å². The summed E-state index contributed by atoms with van der Waals surface area (Å²) in [5, 5.41) is 6.39. The van der Waals surface area contributed by atoms with E-state index < -0.39 is 6.61 Å². The lowest BCUT2D eigenvalue weighted by molar-refractivity contribution is -0.0497. The monoisotopic (exact) mass is 293 g/mol. The maximum absolute atomic E-state index is 12.1. The molecule has 1 aromatic carbocycles. The first-order valence-electron chi connectivity index (χ1n) is 4.72. The van der Waals surface area contributed by atoms with Gasteiger partial charge in [0.15, 0.2) is 5.75 Å². The van der Waals surface area contributed by atoms with Crippen LogP contribution in [0.25, 0.3) is 11.3 Å². The third kappa shape index (κ3) is 2.65. The highest BCUT2D eigenvalue weighted by Crippen LogP contribution is 2.38. The molecular formula is C10H7Cl2F2N3O. The van der Waals surface area contributed by atoms with Gasteiger partial charge < -0.3 is 10.5 Å². The summed E-state index contributed by atoms with van der Waals surface area (Å²) in [6, 6.07) is 4.40. The highest BCUT2D eigenvalue weighted by Gasteiger charge is 2.15. The van der Waals surface area contributed by atoms with Gasteiger partial charge >= 0.3 is 6.61 Å². The number of benzene rings is 1. The third-order valence-electron chi connectivity index (χ3n) is 2.10. The van der Waals surface area contributed by atoms with Gasteiger partial charge in [0.2, 0.25) is 0 Å². The molecule has 0 unspecified atom stereocenters. The number of nitrogens with one attached hydrogen (secondary N) is 1. The minimum Gasteiger partial charge on any atom is -0.432 e. The number of rotatable bonds is 3. The van der Waals surface area contributed by atoms with Crippen molar-refractivity contribution in [2.24, 2.45) is 0 Å². The van der Waals surface area contributed by atoms with E-state index in [-0.39, 0.29) is 15.8 Å². The number of halogens is 4. The number of H-pyrrole nitrogens is 1. The van der Waals surface area contributed by atoms with Crippen LogP contribution in [0, 0.1) is 0 Å². The molecule has 4 nitrogen and oxygen atoms in total. The Labute approximate surface area is 111 Å². The van der Waals surface area contributed by atoms with Crippen LogP contribution in [0.1, 0.15) is 0 Å². The zero-order valence-corrected chi connectivity index (χ0v) is 10.3. The number of nitrogen functional groups attached to an aromatic ring is 1. The van der Waals surface area contributed by atoms with Gasteiger partial charge in [-0.15, -0.1) is 0 Å². The van der Waals surface area contributed by atoms with Crippen molar-refractivity contribution in [1.82, 2.24) is 10.2 Å². The summed E-state index contributed by atoms with van der Waals surface area (Å²) in [5.74, 6) is 0.103. The lowest BCUT2D eigenvalue weighted by atomic mass is 10.1. The maximum atomic E-state index is 12.1. The summed E-state index contributed by atoms with van der Waals surface area (Å²) >= 11 is 11.6. The minimum atomic E-state index is -2.99. The second kappa shape index (κ2) is 4.99. The first kappa shape index (κ1) is 12.9. The van der Waals surface area contributed by atoms with Gasteiger partial charge in [-0.25, -0.2) is 0 Å². The normalized spacial score (nSPS) is 10.9. The Morgan fingerprint density at radius 1 is 1.22 bits per heavy atom. The molecule has 0 aliphatic carbocycles. The Morgan fingerprint density at radius 2 is 1.83 bits per heavy atom. The van der Waals surface area contributed by atoms with Crippen molar-refractivity contribution in [3.8, 4) is 17.0 Å². The molecule has 8 heteroatoms. The molecule has 0 saturated carbocycles. The van der Waals surface area contributed by atoms with Crippen LogP contribution < -0.4 is 10.5 Å². The van der Waals surface area contributed by atoms with E-state index in [2.05, 4.69) is 14.9 Å². The molecule has 0 atom stereocenters. The van der Waals surface area contributed by atoms with Crippen LogP contribution in [-0.2, 0) is 0 Å². The smallest absolute Gasteiger partial charge is 0.387 e. The van der Waals surface area contributed by atoms with Gasteiger partial charge in [0.05, 0.1) is 15.7 Å². The van der Waals surface area contributed by atoms with E-state index in [9.17, 15) is 8.78 Å². The van der Waals surface area contributed by atoms with Crippen LogP contribution in [0.3, 0.4) is 0 Å². The second-order valence-corrected chi connectivity index (χ2v) is 4.17. The van der Waals surface area contributed by atoms with Gasteiger partial charge in [0.1, 0.15) is 5.82 Å². The van der Waals surface area contributed by atoms with Gasteiger partial charge in [-0.3, -0.25) is 5.10 Å². The second-order valence-electron chi connectivity index (χ2n) is 3.36. The Hall–Kier alpha value is -1.53. The lowest BCUT2D eigenvalue weighted by Crippen LogP contribution is -2.03. The van der Waals surface area contributed by atoms with Crippen molar-refractivity contribution in [2.45, 2.75) is 6.61 Å². The number of aromatic nitrogens is 2. The van der Waals surface area contributed by atoms with E-state index >= 15 is 0 Å². The van der Waals surface area contributed by atoms with E-state index in [0.717, 1.165) is 0 Å². The molecule has 18 heavy (non-hydrogen) atoms. The van der Waals surface area contributed by atoms with Crippen LogP contribution in [0.15, 0.2) is 18.2 Å². The Kier molecular flexibility index (Phi) is 3.58. The van der Waals surface area contributed by atoms with Gasteiger partial charge in [0, 0.05) is 11.6 Å². The van der Waals surface area contributed by atoms with E-state index in [1.54, 1.807) is 6.07 Å². The zero-order valence-electron chi connectivity index (χ0n) is 8.75. The summed E-state index contributed by atoms with van der Waals surface area (Å²) in [7, 11) is 0. The van der Waals surface area contributed by atoms with Gasteiger partial charge in [-0.1, -0.05) is 23.2 Å². The van der Waals surface area contributed by atoms with Gasteiger partial charge in [-0.05, 0) is 12.1 Å². The summed E-state index contributed by atoms with van der Waals surface area (Å²) in [6.45, 7) is -2.99. The molecule has 2 rings (SSSR count). The van der Waals surface area contributed by atoms with Crippen molar-refractivity contribution in [1.29, 1.82) is 0 Å². The number of alkyl halides is 2. The molecule has 3 N–H and O–H groups in total. The molecule has 0 aliphatic heterocycles. The molecule has 0 saturated heterocycles. The van der Waals surface area contributed by atoms with Crippen molar-refractivity contribution in [3.05, 3.63) is 28.2 Å². The molecular weight excluding hydrogens is 287 g/mol. The number of hydrogen-bond donors (Lipinski definition) is 2. The number of nitrogens with zero attached hydrogens (tertiary/aromatic N) is 1. The average molecular weight is 294 g/mol. The summed E-state index contributed by atoms with van der Waals surface area (Å²) in [4.78, 5) is 0. The average Bonchev–Trinajstić information content (AvgIpc) is 2.70. The largest absolute Gasteiger partial charge is 0.432 e. The SMILES string of the molecule is Nc1cc(-c2cc(Cl)c(OC(F)F)c(Cl)c2)n[nH]1. The molecule has 0 bridgehead atoms. The molecule has 96 valence electrons. The third-order valence-corrected chi connectivity index (χ3v) is 2.66. The number of hydrogen-bond acceptors (Lipinski definition) is 3. The number of ether oxygens (including phenoxy) is 1. The highest BCUT2D eigenvalue weighted by molar-refractivity contribution is 6.37. The van der Waals surface area contributed by atoms with E-state index in [4.69, 9.17) is 28.9 Å². The zero-order chi connectivity index (χ0) is 13.3. The standard InChI is InChI=1S/C10H7Cl2F2N3O/c11-5-1-4(7-3-8(15)17-16-7)2-6(12)9(5)18-10(13)14/h1-3,10H,(H3,15,16,17).